The first-order valence-corrected chi connectivity index (χ1v) is 8.74. The van der Waals surface area contributed by atoms with Crippen molar-refractivity contribution in [1.82, 2.24) is 0 Å². The van der Waals surface area contributed by atoms with Crippen LogP contribution in [0.25, 0.3) is 10.8 Å². The third-order valence-corrected chi connectivity index (χ3v) is 5.30. The van der Waals surface area contributed by atoms with Crippen LogP contribution in [0.1, 0.15) is 9.75 Å². The normalized spacial score (nSPS) is 9.74. The first-order valence-electron chi connectivity index (χ1n) is 6.03. The molecule has 0 aromatic heterocycles. The third-order valence-electron chi connectivity index (χ3n) is 2.85. The molecule has 1 heterocycles. The van der Waals surface area contributed by atoms with Crippen LogP contribution in [-0.4, -0.2) is 5.34 Å². The van der Waals surface area contributed by atoms with Gasteiger partial charge in [-0.25, -0.2) is 0 Å². The second-order valence-electron chi connectivity index (χ2n) is 4.05. The van der Waals surface area contributed by atoms with E-state index in [1.807, 2.05) is 12.1 Å². The quantitative estimate of drug-likeness (QED) is 0.558. The number of nitrogens with zero attached hydrogens (tertiary/aromatic N) is 2. The number of hydrogen-bond donors (Lipinski definition) is 0. The minimum absolute atomic E-state index is 0.164. The van der Waals surface area contributed by atoms with Gasteiger partial charge in [-0.05, 0) is 0 Å². The van der Waals surface area contributed by atoms with Crippen molar-refractivity contribution in [2.75, 3.05) is 5.34 Å². The fourth-order valence-corrected chi connectivity index (χ4v) is 4.01. The highest BCUT2D eigenvalue weighted by Gasteiger charge is 2.12. The van der Waals surface area contributed by atoms with Gasteiger partial charge in [-0.3, -0.25) is 9.59 Å². The zero-order valence-corrected chi connectivity index (χ0v) is 14.4. The van der Waals surface area contributed by atoms with Gasteiger partial charge in [-0.2, -0.15) is 10.5 Å². The van der Waals surface area contributed by atoms with Crippen LogP contribution in [0.3, 0.4) is 0 Å². The summed E-state index contributed by atoms with van der Waals surface area (Å²) in [5.74, 6) is 0. The molecular formula is C15H6Cl2N2O2S2. The van der Waals surface area contributed by atoms with Gasteiger partial charge >= 0.3 is 0 Å². The van der Waals surface area contributed by atoms with E-state index in [0.717, 1.165) is 22.7 Å². The van der Waals surface area contributed by atoms with Crippen LogP contribution >= 0.6 is 45.9 Å². The number of benzene rings is 1. The molecule has 1 aromatic carbocycles. The van der Waals surface area contributed by atoms with Crippen molar-refractivity contribution in [2.45, 2.75) is 0 Å². The molecule has 23 heavy (non-hydrogen) atoms. The molecule has 0 unspecified atom stereocenters. The van der Waals surface area contributed by atoms with E-state index in [4.69, 9.17) is 33.7 Å². The Morgan fingerprint density at radius 1 is 0.870 bits per heavy atom. The van der Waals surface area contributed by atoms with E-state index in [1.54, 1.807) is 24.3 Å². The van der Waals surface area contributed by atoms with E-state index in [9.17, 15) is 9.59 Å². The lowest BCUT2D eigenvalue weighted by molar-refractivity contribution is 1.49. The van der Waals surface area contributed by atoms with Crippen LogP contribution < -0.4 is 10.9 Å². The lowest BCUT2D eigenvalue weighted by Gasteiger charge is -1.98. The Morgan fingerprint density at radius 3 is 1.52 bits per heavy atom. The maximum absolute atomic E-state index is 12.4. The van der Waals surface area contributed by atoms with Gasteiger partial charge in [0, 0.05) is 10.8 Å². The second kappa shape index (κ2) is 7.54. The largest absolute Gasteiger partial charge is 0.288 e. The zero-order valence-electron chi connectivity index (χ0n) is 11.3. The van der Waals surface area contributed by atoms with E-state index < -0.39 is 0 Å². The number of alkyl halides is 2. The van der Waals surface area contributed by atoms with Gasteiger partial charge in [-0.1, -0.05) is 24.3 Å². The van der Waals surface area contributed by atoms with Crippen LogP contribution in [0, 0.1) is 31.7 Å². The summed E-state index contributed by atoms with van der Waals surface area (Å²) in [6.07, 6.45) is 0. The second-order valence-corrected chi connectivity index (χ2v) is 6.90. The molecule has 0 atom stereocenters. The van der Waals surface area contributed by atoms with Crippen LogP contribution in [0.5, 0.6) is 0 Å². The van der Waals surface area contributed by atoms with Gasteiger partial charge in [0.1, 0.15) is 21.9 Å². The molecule has 1 aromatic rings. The highest BCUT2D eigenvalue weighted by Crippen LogP contribution is 2.20. The molecule has 4 nitrogen and oxygen atoms in total. The molecule has 0 saturated heterocycles. The van der Waals surface area contributed by atoms with E-state index >= 15 is 0 Å². The standard InChI is InChI=1S/C14H4N2O2S2.CH2Cl2/c15-5-9-10(6-16)20-14-12(18)8-4-2-1-3-7(8)11(17)13(14)19-9;2-1-3/h1-4H;1H2. The lowest BCUT2D eigenvalue weighted by Crippen LogP contribution is -2.13. The average molecular weight is 381 g/mol. The molecule has 2 aliphatic rings. The summed E-state index contributed by atoms with van der Waals surface area (Å²) < 4.78 is 0.489. The molecule has 0 bridgehead atoms. The van der Waals surface area contributed by atoms with Gasteiger partial charge in [0.2, 0.25) is 10.9 Å². The molecular weight excluding hydrogens is 375 g/mol. The number of rotatable bonds is 0. The minimum Gasteiger partial charge on any atom is -0.288 e. The van der Waals surface area contributed by atoms with E-state index in [0.29, 0.717) is 10.8 Å². The molecule has 0 spiro atoms. The van der Waals surface area contributed by atoms with Gasteiger partial charge in [0.15, 0.2) is 0 Å². The summed E-state index contributed by atoms with van der Waals surface area (Å²) in [4.78, 5) is 25.1. The maximum Gasteiger partial charge on any atom is 0.205 e. The lowest BCUT2D eigenvalue weighted by atomic mass is 10.1. The van der Waals surface area contributed by atoms with E-state index in [1.165, 1.54) is 0 Å². The van der Waals surface area contributed by atoms with Crippen LogP contribution in [0.15, 0.2) is 33.9 Å². The van der Waals surface area contributed by atoms with Crippen molar-refractivity contribution in [2.24, 2.45) is 0 Å². The van der Waals surface area contributed by atoms with Gasteiger partial charge in [-0.15, -0.1) is 45.9 Å². The summed E-state index contributed by atoms with van der Waals surface area (Å²) in [5, 5.41) is 18.9. The highest BCUT2D eigenvalue weighted by atomic mass is 35.5. The molecule has 1 aliphatic heterocycles. The summed E-state index contributed by atoms with van der Waals surface area (Å²) in [7, 11) is 0. The predicted molar refractivity (Wildman–Crippen MR) is 93.5 cm³/mol. The van der Waals surface area contributed by atoms with Gasteiger partial charge in [0.25, 0.3) is 0 Å². The molecule has 0 N–H and O–H groups in total. The van der Waals surface area contributed by atoms with Crippen molar-refractivity contribution in [3.8, 4) is 12.1 Å². The molecule has 0 radical (unpaired) electrons. The first-order chi connectivity index (χ1) is 11.1. The molecule has 0 fully saturated rings. The highest BCUT2D eigenvalue weighted by molar-refractivity contribution is 7.18. The summed E-state index contributed by atoms with van der Waals surface area (Å²) in [5.41, 5.74) is -0.533. The SMILES string of the molecule is ClCCl.N#Cc1sc2c(=O)c3ccccc3c(=O)c=2sc1C#N. The topological polar surface area (TPSA) is 81.7 Å². The van der Waals surface area contributed by atoms with Gasteiger partial charge in [0.05, 0.1) is 14.4 Å². The summed E-state index contributed by atoms with van der Waals surface area (Å²) in [6, 6.07) is 10.4. The van der Waals surface area contributed by atoms with Crippen molar-refractivity contribution in [3.63, 3.8) is 0 Å². The number of halogens is 2. The Kier molecular flexibility index (Phi) is 5.70. The van der Waals surface area contributed by atoms with Crippen molar-refractivity contribution in [3.05, 3.63) is 63.5 Å². The van der Waals surface area contributed by atoms with Gasteiger partial charge < -0.3 is 0 Å². The fraction of sp³-hybridized carbons (Fsp3) is 0.0667. The summed E-state index contributed by atoms with van der Waals surface area (Å²) in [6.45, 7) is 0. The van der Waals surface area contributed by atoms with E-state index in [-0.39, 0.29) is 35.0 Å². The zero-order chi connectivity index (χ0) is 17.0. The number of nitriles is 2. The molecule has 8 heteroatoms. The summed E-state index contributed by atoms with van der Waals surface area (Å²) >= 11 is 11.3. The molecule has 0 amide bonds. The molecule has 0 saturated carbocycles. The Hall–Kier alpha value is -1.96. The number of fused-ring (bicyclic) bond motifs is 1. The smallest absolute Gasteiger partial charge is 0.205 e. The molecule has 114 valence electrons. The van der Waals surface area contributed by atoms with Crippen molar-refractivity contribution >= 4 is 56.6 Å². The minimum atomic E-state index is -0.266. The first kappa shape index (κ1) is 17.4. The molecule has 3 rings (SSSR count). The maximum atomic E-state index is 12.4. The van der Waals surface area contributed by atoms with Crippen molar-refractivity contribution < 1.29 is 0 Å². The van der Waals surface area contributed by atoms with Crippen LogP contribution in [-0.2, 0) is 0 Å². The van der Waals surface area contributed by atoms with Crippen LogP contribution in [0.2, 0.25) is 0 Å². The fourth-order valence-electron chi connectivity index (χ4n) is 1.96. The van der Waals surface area contributed by atoms with Crippen LogP contribution in [0.4, 0.5) is 0 Å². The third kappa shape index (κ3) is 3.21. The molecule has 1 aliphatic carbocycles. The Labute approximate surface area is 148 Å². The monoisotopic (exact) mass is 380 g/mol. The Bertz CT molecular complexity index is 1050. The number of hydrogen-bond acceptors (Lipinski definition) is 6. The predicted octanol–water partition coefficient (Wildman–Crippen LogP) is 3.57. The Morgan fingerprint density at radius 2 is 1.22 bits per heavy atom. The van der Waals surface area contributed by atoms with E-state index in [2.05, 4.69) is 0 Å². The average Bonchev–Trinajstić information content (AvgIpc) is 2.59. The Balaban J connectivity index is 0.000000595. The van der Waals surface area contributed by atoms with Crippen molar-refractivity contribution in [1.29, 1.82) is 10.5 Å².